The van der Waals surface area contributed by atoms with E-state index < -0.39 is 0 Å². The summed E-state index contributed by atoms with van der Waals surface area (Å²) in [6.07, 6.45) is 7.57. The molecule has 1 saturated heterocycles. The lowest BCUT2D eigenvalue weighted by Gasteiger charge is -2.31. The minimum absolute atomic E-state index is 0.843. The summed E-state index contributed by atoms with van der Waals surface area (Å²) in [6, 6.07) is 10.9. The summed E-state index contributed by atoms with van der Waals surface area (Å²) < 4.78 is 0. The summed E-state index contributed by atoms with van der Waals surface area (Å²) in [5, 5.41) is 0. The van der Waals surface area contributed by atoms with Gasteiger partial charge in [0.2, 0.25) is 0 Å². The van der Waals surface area contributed by atoms with Crippen molar-refractivity contribution in [1.29, 1.82) is 0 Å². The molecule has 0 amide bonds. The van der Waals surface area contributed by atoms with Gasteiger partial charge in [-0.25, -0.2) is 4.98 Å². The van der Waals surface area contributed by atoms with Crippen molar-refractivity contribution in [2.45, 2.75) is 25.8 Å². The number of benzene rings is 1. The van der Waals surface area contributed by atoms with Crippen molar-refractivity contribution < 1.29 is 0 Å². The van der Waals surface area contributed by atoms with Crippen LogP contribution in [0, 0.1) is 5.92 Å². The van der Waals surface area contributed by atoms with Crippen LogP contribution in [0.2, 0.25) is 0 Å². The van der Waals surface area contributed by atoms with Gasteiger partial charge in [-0.2, -0.15) is 0 Å². The number of imidazole rings is 1. The fourth-order valence-corrected chi connectivity index (χ4v) is 2.89. The second-order valence-corrected chi connectivity index (χ2v) is 5.45. The van der Waals surface area contributed by atoms with Crippen LogP contribution in [0.25, 0.3) is 0 Å². The van der Waals surface area contributed by atoms with E-state index >= 15 is 0 Å². The molecule has 0 atom stereocenters. The number of piperidine rings is 1. The van der Waals surface area contributed by atoms with Gasteiger partial charge in [0.15, 0.2) is 0 Å². The van der Waals surface area contributed by atoms with E-state index in [4.69, 9.17) is 0 Å². The highest BCUT2D eigenvalue weighted by molar-refractivity contribution is 5.15. The van der Waals surface area contributed by atoms with Crippen molar-refractivity contribution in [3.8, 4) is 0 Å². The Balaban J connectivity index is 1.47. The molecular weight excluding hydrogens is 234 g/mol. The summed E-state index contributed by atoms with van der Waals surface area (Å²) in [4.78, 5) is 9.98. The number of nitrogens with one attached hydrogen (secondary N) is 1. The Bertz CT molecular complexity index is 470. The van der Waals surface area contributed by atoms with E-state index in [1.807, 2.05) is 12.4 Å². The lowest BCUT2D eigenvalue weighted by Crippen LogP contribution is -2.34. The molecule has 0 saturated carbocycles. The first-order valence-electron chi connectivity index (χ1n) is 7.15. The first-order valence-corrected chi connectivity index (χ1v) is 7.15. The third kappa shape index (κ3) is 3.44. The summed E-state index contributed by atoms with van der Waals surface area (Å²) >= 11 is 0. The van der Waals surface area contributed by atoms with E-state index in [0.29, 0.717) is 0 Å². The molecule has 0 aliphatic carbocycles. The minimum atomic E-state index is 0.843. The van der Waals surface area contributed by atoms with Crippen LogP contribution in [-0.4, -0.2) is 28.0 Å². The Hall–Kier alpha value is -1.61. The molecule has 0 spiro atoms. The molecule has 1 aliphatic heterocycles. The Morgan fingerprint density at radius 2 is 1.95 bits per heavy atom. The highest BCUT2D eigenvalue weighted by atomic mass is 15.1. The van der Waals surface area contributed by atoms with Crippen molar-refractivity contribution in [2.24, 2.45) is 5.92 Å². The normalized spacial score (nSPS) is 17.7. The number of hydrogen-bond donors (Lipinski definition) is 1. The van der Waals surface area contributed by atoms with Gasteiger partial charge in [-0.1, -0.05) is 30.3 Å². The third-order valence-corrected chi connectivity index (χ3v) is 4.00. The number of aromatic amines is 1. The Morgan fingerprint density at radius 1 is 1.16 bits per heavy atom. The molecule has 1 fully saturated rings. The quantitative estimate of drug-likeness (QED) is 0.911. The van der Waals surface area contributed by atoms with Crippen molar-refractivity contribution >= 4 is 0 Å². The van der Waals surface area contributed by atoms with Crippen LogP contribution in [0.5, 0.6) is 0 Å². The Morgan fingerprint density at radius 3 is 2.63 bits per heavy atom. The minimum Gasteiger partial charge on any atom is -0.348 e. The number of nitrogens with zero attached hydrogens (tertiary/aromatic N) is 2. The number of hydrogen-bond acceptors (Lipinski definition) is 2. The van der Waals surface area contributed by atoms with Crippen molar-refractivity contribution in [3.63, 3.8) is 0 Å². The average molecular weight is 255 g/mol. The smallest absolute Gasteiger partial charge is 0.120 e. The average Bonchev–Trinajstić information content (AvgIpc) is 2.95. The van der Waals surface area contributed by atoms with Gasteiger partial charge in [-0.3, -0.25) is 4.90 Å². The number of aromatic nitrogens is 2. The standard InChI is InChI=1S/C16H21N3/c1-2-4-14(5-3-1)12-15-6-10-19(11-7-15)13-16-17-8-9-18-16/h1-5,8-9,15H,6-7,10-13H2,(H,17,18). The second-order valence-electron chi connectivity index (χ2n) is 5.45. The van der Waals surface area contributed by atoms with E-state index in [1.165, 1.54) is 37.9 Å². The van der Waals surface area contributed by atoms with E-state index in [9.17, 15) is 0 Å². The summed E-state index contributed by atoms with van der Waals surface area (Å²) in [6.45, 7) is 3.35. The van der Waals surface area contributed by atoms with Crippen LogP contribution in [-0.2, 0) is 13.0 Å². The fourth-order valence-electron chi connectivity index (χ4n) is 2.89. The molecular formula is C16H21N3. The predicted molar refractivity (Wildman–Crippen MR) is 76.7 cm³/mol. The molecule has 0 unspecified atom stereocenters. The van der Waals surface area contributed by atoms with Crippen LogP contribution in [0.4, 0.5) is 0 Å². The number of rotatable bonds is 4. The van der Waals surface area contributed by atoms with Crippen LogP contribution in [0.1, 0.15) is 24.2 Å². The summed E-state index contributed by atoms with van der Waals surface area (Å²) in [5.74, 6) is 1.93. The second kappa shape index (κ2) is 6.02. The Labute approximate surface area is 114 Å². The van der Waals surface area contributed by atoms with Gasteiger partial charge in [-0.15, -0.1) is 0 Å². The predicted octanol–water partition coefficient (Wildman–Crippen LogP) is 2.86. The van der Waals surface area contributed by atoms with Gasteiger partial charge >= 0.3 is 0 Å². The molecule has 1 N–H and O–H groups in total. The van der Waals surface area contributed by atoms with Crippen molar-refractivity contribution in [2.75, 3.05) is 13.1 Å². The molecule has 3 nitrogen and oxygen atoms in total. The van der Waals surface area contributed by atoms with Gasteiger partial charge in [-0.05, 0) is 43.8 Å². The van der Waals surface area contributed by atoms with E-state index in [-0.39, 0.29) is 0 Å². The molecule has 2 aromatic rings. The third-order valence-electron chi connectivity index (χ3n) is 4.00. The van der Waals surface area contributed by atoms with Gasteiger partial charge < -0.3 is 4.98 Å². The SMILES string of the molecule is c1ccc(CC2CCN(Cc3ncc[nH]3)CC2)cc1. The van der Waals surface area contributed by atoms with E-state index in [1.54, 1.807) is 0 Å². The topological polar surface area (TPSA) is 31.9 Å². The van der Waals surface area contributed by atoms with Crippen LogP contribution in [0.3, 0.4) is 0 Å². The van der Waals surface area contributed by atoms with Gasteiger partial charge in [0, 0.05) is 12.4 Å². The molecule has 0 radical (unpaired) electrons. The van der Waals surface area contributed by atoms with Gasteiger partial charge in [0.25, 0.3) is 0 Å². The molecule has 19 heavy (non-hydrogen) atoms. The summed E-state index contributed by atoms with van der Waals surface area (Å²) in [5.41, 5.74) is 1.48. The monoisotopic (exact) mass is 255 g/mol. The summed E-state index contributed by atoms with van der Waals surface area (Å²) in [7, 11) is 0. The maximum Gasteiger partial charge on any atom is 0.120 e. The maximum atomic E-state index is 4.30. The number of H-pyrrole nitrogens is 1. The van der Waals surface area contributed by atoms with Gasteiger partial charge in [0.1, 0.15) is 5.82 Å². The lowest BCUT2D eigenvalue weighted by atomic mass is 9.90. The van der Waals surface area contributed by atoms with Crippen molar-refractivity contribution in [1.82, 2.24) is 14.9 Å². The molecule has 1 aromatic heterocycles. The Kier molecular flexibility index (Phi) is 3.94. The molecule has 2 heterocycles. The van der Waals surface area contributed by atoms with E-state index in [2.05, 4.69) is 45.2 Å². The van der Waals surface area contributed by atoms with Gasteiger partial charge in [0.05, 0.1) is 6.54 Å². The maximum absolute atomic E-state index is 4.30. The highest BCUT2D eigenvalue weighted by Crippen LogP contribution is 2.22. The molecule has 1 aliphatic rings. The van der Waals surface area contributed by atoms with Crippen LogP contribution < -0.4 is 0 Å². The first kappa shape index (κ1) is 12.4. The molecule has 100 valence electrons. The first-order chi connectivity index (χ1) is 9.40. The zero-order chi connectivity index (χ0) is 12.9. The fraction of sp³-hybridized carbons (Fsp3) is 0.438. The highest BCUT2D eigenvalue weighted by Gasteiger charge is 2.19. The molecule has 1 aromatic carbocycles. The zero-order valence-electron chi connectivity index (χ0n) is 11.3. The molecule has 3 rings (SSSR count). The molecule has 3 heteroatoms. The van der Waals surface area contributed by atoms with Crippen molar-refractivity contribution in [3.05, 3.63) is 54.1 Å². The zero-order valence-corrected chi connectivity index (χ0v) is 11.3. The van der Waals surface area contributed by atoms with Crippen LogP contribution in [0.15, 0.2) is 42.7 Å². The molecule has 0 bridgehead atoms. The van der Waals surface area contributed by atoms with E-state index in [0.717, 1.165) is 18.3 Å². The largest absolute Gasteiger partial charge is 0.348 e. The van der Waals surface area contributed by atoms with Crippen LogP contribution >= 0.6 is 0 Å². The number of likely N-dealkylation sites (tertiary alicyclic amines) is 1. The lowest BCUT2D eigenvalue weighted by molar-refractivity contribution is 0.174.